The monoisotopic (exact) mass is 290 g/mol. The highest BCUT2D eigenvalue weighted by molar-refractivity contribution is 5.43. The van der Waals surface area contributed by atoms with E-state index >= 15 is 0 Å². The Bertz CT molecular complexity index is 452. The SMILES string of the molecule is Cc1cc(NCC2CCCO2)nc(N2CCCCCC2)n1. The van der Waals surface area contributed by atoms with Crippen LogP contribution in [-0.2, 0) is 4.74 Å². The molecule has 0 bridgehead atoms. The lowest BCUT2D eigenvalue weighted by molar-refractivity contribution is 0.120. The Hall–Kier alpha value is -1.36. The van der Waals surface area contributed by atoms with Gasteiger partial charge in [-0.05, 0) is 32.6 Å². The Morgan fingerprint density at radius 2 is 2.00 bits per heavy atom. The molecular weight excluding hydrogens is 264 g/mol. The van der Waals surface area contributed by atoms with Crippen LogP contribution >= 0.6 is 0 Å². The van der Waals surface area contributed by atoms with Gasteiger partial charge in [0.25, 0.3) is 0 Å². The first kappa shape index (κ1) is 14.6. The molecule has 1 atom stereocenters. The van der Waals surface area contributed by atoms with Crippen molar-refractivity contribution in [1.82, 2.24) is 9.97 Å². The third kappa shape index (κ3) is 4.06. The maximum absolute atomic E-state index is 5.65. The zero-order valence-electron chi connectivity index (χ0n) is 13.0. The summed E-state index contributed by atoms with van der Waals surface area (Å²) in [6.45, 7) is 5.94. The summed E-state index contributed by atoms with van der Waals surface area (Å²) >= 11 is 0. The molecule has 1 aromatic rings. The summed E-state index contributed by atoms with van der Waals surface area (Å²) in [5.41, 5.74) is 1.03. The Labute approximate surface area is 127 Å². The fourth-order valence-electron chi connectivity index (χ4n) is 3.08. The normalized spacial score (nSPS) is 23.1. The fourth-order valence-corrected chi connectivity index (χ4v) is 3.08. The molecule has 2 aliphatic rings. The number of hydrogen-bond donors (Lipinski definition) is 1. The van der Waals surface area contributed by atoms with E-state index in [2.05, 4.69) is 15.2 Å². The molecule has 21 heavy (non-hydrogen) atoms. The van der Waals surface area contributed by atoms with E-state index in [1.54, 1.807) is 0 Å². The maximum Gasteiger partial charge on any atom is 0.227 e. The number of ether oxygens (including phenoxy) is 1. The highest BCUT2D eigenvalue weighted by Gasteiger charge is 2.17. The Morgan fingerprint density at radius 1 is 1.19 bits per heavy atom. The molecule has 1 unspecified atom stereocenters. The summed E-state index contributed by atoms with van der Waals surface area (Å²) in [5.74, 6) is 1.81. The number of hydrogen-bond acceptors (Lipinski definition) is 5. The largest absolute Gasteiger partial charge is 0.376 e. The van der Waals surface area contributed by atoms with E-state index in [4.69, 9.17) is 9.72 Å². The molecule has 1 aromatic heterocycles. The lowest BCUT2D eigenvalue weighted by atomic mass is 10.2. The molecule has 0 aromatic carbocycles. The molecule has 2 aliphatic heterocycles. The van der Waals surface area contributed by atoms with Gasteiger partial charge in [0, 0.05) is 38.0 Å². The quantitative estimate of drug-likeness (QED) is 0.924. The number of aryl methyl sites for hydroxylation is 1. The summed E-state index contributed by atoms with van der Waals surface area (Å²) in [5, 5.41) is 3.42. The first-order valence-corrected chi connectivity index (χ1v) is 8.27. The molecule has 2 fully saturated rings. The van der Waals surface area contributed by atoms with Crippen LogP contribution in [0.2, 0.25) is 0 Å². The first-order chi connectivity index (χ1) is 10.3. The average molecular weight is 290 g/mol. The zero-order chi connectivity index (χ0) is 14.5. The van der Waals surface area contributed by atoms with Crippen LogP contribution in [0.4, 0.5) is 11.8 Å². The highest BCUT2D eigenvalue weighted by atomic mass is 16.5. The van der Waals surface area contributed by atoms with Crippen molar-refractivity contribution in [2.75, 3.05) is 36.5 Å². The van der Waals surface area contributed by atoms with Crippen LogP contribution in [-0.4, -0.2) is 42.3 Å². The second kappa shape index (κ2) is 7.07. The van der Waals surface area contributed by atoms with Gasteiger partial charge >= 0.3 is 0 Å². The second-order valence-electron chi connectivity index (χ2n) is 6.11. The minimum absolute atomic E-state index is 0.335. The fraction of sp³-hybridized carbons (Fsp3) is 0.750. The third-order valence-corrected chi connectivity index (χ3v) is 4.27. The number of aromatic nitrogens is 2. The van der Waals surface area contributed by atoms with E-state index in [-0.39, 0.29) is 0 Å². The summed E-state index contributed by atoms with van der Waals surface area (Å²) in [6, 6.07) is 2.02. The van der Waals surface area contributed by atoms with E-state index in [0.717, 1.165) is 50.1 Å². The van der Waals surface area contributed by atoms with Crippen molar-refractivity contribution in [2.24, 2.45) is 0 Å². The molecule has 2 saturated heterocycles. The van der Waals surface area contributed by atoms with Gasteiger partial charge in [0.15, 0.2) is 0 Å². The third-order valence-electron chi connectivity index (χ3n) is 4.27. The summed E-state index contributed by atoms with van der Waals surface area (Å²) in [6.07, 6.45) is 7.80. The van der Waals surface area contributed by atoms with Gasteiger partial charge in [0.05, 0.1) is 6.10 Å². The van der Waals surface area contributed by atoms with E-state index in [9.17, 15) is 0 Å². The van der Waals surface area contributed by atoms with Crippen molar-refractivity contribution < 1.29 is 4.74 Å². The van der Waals surface area contributed by atoms with Gasteiger partial charge in [0.2, 0.25) is 5.95 Å². The Morgan fingerprint density at radius 3 is 2.71 bits per heavy atom. The predicted octanol–water partition coefficient (Wildman–Crippen LogP) is 2.76. The topological polar surface area (TPSA) is 50.3 Å². The van der Waals surface area contributed by atoms with Crippen LogP contribution in [0.15, 0.2) is 6.07 Å². The molecule has 1 N–H and O–H groups in total. The molecule has 3 heterocycles. The molecule has 0 radical (unpaired) electrons. The smallest absolute Gasteiger partial charge is 0.227 e. The van der Waals surface area contributed by atoms with E-state index < -0.39 is 0 Å². The summed E-state index contributed by atoms with van der Waals surface area (Å²) in [4.78, 5) is 11.7. The number of nitrogens with one attached hydrogen (secondary N) is 1. The van der Waals surface area contributed by atoms with Crippen molar-refractivity contribution in [2.45, 2.75) is 51.6 Å². The van der Waals surface area contributed by atoms with Gasteiger partial charge in [-0.25, -0.2) is 4.98 Å². The minimum Gasteiger partial charge on any atom is -0.376 e. The lowest BCUT2D eigenvalue weighted by Gasteiger charge is -2.21. The zero-order valence-corrected chi connectivity index (χ0v) is 13.0. The van der Waals surface area contributed by atoms with Crippen LogP contribution in [0.5, 0.6) is 0 Å². The van der Waals surface area contributed by atoms with Crippen LogP contribution in [0.3, 0.4) is 0 Å². The molecule has 116 valence electrons. The lowest BCUT2D eigenvalue weighted by Crippen LogP contribution is -2.27. The van der Waals surface area contributed by atoms with Crippen molar-refractivity contribution >= 4 is 11.8 Å². The van der Waals surface area contributed by atoms with Gasteiger partial charge in [-0.1, -0.05) is 12.8 Å². The van der Waals surface area contributed by atoms with Gasteiger partial charge < -0.3 is 15.0 Å². The number of rotatable bonds is 4. The minimum atomic E-state index is 0.335. The first-order valence-electron chi connectivity index (χ1n) is 8.27. The van der Waals surface area contributed by atoms with E-state index in [1.165, 1.54) is 32.1 Å². The molecule has 0 amide bonds. The highest BCUT2D eigenvalue weighted by Crippen LogP contribution is 2.19. The van der Waals surface area contributed by atoms with Crippen LogP contribution in [0, 0.1) is 6.92 Å². The van der Waals surface area contributed by atoms with Crippen molar-refractivity contribution in [1.29, 1.82) is 0 Å². The molecule has 0 saturated carbocycles. The molecule has 0 spiro atoms. The molecule has 5 heteroatoms. The van der Waals surface area contributed by atoms with Crippen molar-refractivity contribution in [3.63, 3.8) is 0 Å². The van der Waals surface area contributed by atoms with Crippen molar-refractivity contribution in [3.05, 3.63) is 11.8 Å². The van der Waals surface area contributed by atoms with Gasteiger partial charge in [-0.2, -0.15) is 4.98 Å². The molecule has 5 nitrogen and oxygen atoms in total. The van der Waals surface area contributed by atoms with Gasteiger partial charge in [-0.15, -0.1) is 0 Å². The van der Waals surface area contributed by atoms with E-state index in [1.807, 2.05) is 13.0 Å². The van der Waals surface area contributed by atoms with Crippen LogP contribution < -0.4 is 10.2 Å². The Kier molecular flexibility index (Phi) is 4.91. The Balaban J connectivity index is 1.66. The summed E-state index contributed by atoms with van der Waals surface area (Å²) in [7, 11) is 0. The number of nitrogens with zero attached hydrogens (tertiary/aromatic N) is 3. The van der Waals surface area contributed by atoms with Gasteiger partial charge in [-0.3, -0.25) is 0 Å². The maximum atomic E-state index is 5.65. The average Bonchev–Trinajstić information content (AvgIpc) is 2.85. The van der Waals surface area contributed by atoms with Crippen LogP contribution in [0.25, 0.3) is 0 Å². The number of anilines is 2. The van der Waals surface area contributed by atoms with E-state index in [0.29, 0.717) is 6.10 Å². The molecular formula is C16H26N4O. The van der Waals surface area contributed by atoms with Crippen LogP contribution in [0.1, 0.15) is 44.2 Å². The standard InChI is InChI=1S/C16H26N4O/c1-13-11-15(17-12-14-7-6-10-21-14)19-16(18-13)20-8-4-2-3-5-9-20/h11,14H,2-10,12H2,1H3,(H,17,18,19). The van der Waals surface area contributed by atoms with Crippen molar-refractivity contribution in [3.8, 4) is 0 Å². The predicted molar refractivity (Wildman–Crippen MR) is 84.9 cm³/mol. The second-order valence-corrected chi connectivity index (χ2v) is 6.11. The molecule has 0 aliphatic carbocycles. The summed E-state index contributed by atoms with van der Waals surface area (Å²) < 4.78 is 5.65. The van der Waals surface area contributed by atoms with Gasteiger partial charge in [0.1, 0.15) is 5.82 Å². The molecule has 3 rings (SSSR count).